The molecule has 0 fully saturated rings. The highest BCUT2D eigenvalue weighted by Crippen LogP contribution is 2.25. The predicted octanol–water partition coefficient (Wildman–Crippen LogP) is 12.1. The molecule has 2 aromatic heterocycles. The van der Waals surface area contributed by atoms with Gasteiger partial charge in [-0.1, -0.05) is 171 Å². The third-order valence-corrected chi connectivity index (χ3v) is 12.7. The van der Waals surface area contributed by atoms with Crippen molar-refractivity contribution in [3.8, 4) is 11.1 Å². The SMILES string of the molecule is C=CC.CC(=O)c1ccccc1NC(=O)c1cn(C)nc1I.CCCC=C(C)c1ccccc1NC(=O)c1cn(C)nc1I.CCCC[PH2+]c1ccccc1.CI.[I-].c1ccc(-c2ccccc2)cc1. The van der Waals surface area contributed by atoms with E-state index in [0.29, 0.717) is 38.4 Å². The van der Waals surface area contributed by atoms with Crippen LogP contribution in [0.1, 0.15) is 96.9 Å². The molecule has 2 amide bonds. The molecule has 0 spiro atoms. The van der Waals surface area contributed by atoms with Crippen molar-refractivity contribution in [3.05, 3.63) is 200 Å². The highest BCUT2D eigenvalue weighted by atomic mass is 127. The zero-order valence-corrected chi connectivity index (χ0v) is 51.2. The van der Waals surface area contributed by atoms with Crippen LogP contribution in [0.4, 0.5) is 11.4 Å². The van der Waals surface area contributed by atoms with E-state index in [1.807, 2.05) is 77.9 Å². The van der Waals surface area contributed by atoms with Crippen molar-refractivity contribution in [1.29, 1.82) is 0 Å². The van der Waals surface area contributed by atoms with Gasteiger partial charge in [-0.2, -0.15) is 10.2 Å². The number of halogens is 4. The fourth-order valence-corrected chi connectivity index (χ4v) is 9.12. The second kappa shape index (κ2) is 37.7. The minimum absolute atomic E-state index is 0. The Morgan fingerprint density at radius 1 is 0.614 bits per heavy atom. The van der Waals surface area contributed by atoms with Crippen LogP contribution in [0, 0.1) is 7.40 Å². The Bertz CT molecular complexity index is 2580. The van der Waals surface area contributed by atoms with Crippen molar-refractivity contribution in [2.45, 2.75) is 60.3 Å². The number of amides is 2. The zero-order chi connectivity index (χ0) is 51.0. The maximum absolute atomic E-state index is 12.4. The summed E-state index contributed by atoms with van der Waals surface area (Å²) in [6.45, 7) is 13.2. The van der Waals surface area contributed by atoms with Gasteiger partial charge < -0.3 is 34.6 Å². The molecule has 5 aromatic carbocycles. The van der Waals surface area contributed by atoms with Gasteiger partial charge in [-0.25, -0.2) is 0 Å². The number of para-hydroxylation sites is 2. The number of unbranched alkanes of at least 4 members (excludes halogenated alkanes) is 2. The molecule has 1 unspecified atom stereocenters. The molecule has 7 aromatic rings. The number of aromatic nitrogens is 4. The Balaban J connectivity index is 0.000000464. The van der Waals surface area contributed by atoms with E-state index >= 15 is 0 Å². The van der Waals surface area contributed by atoms with Crippen molar-refractivity contribution >= 4 is 116 Å². The van der Waals surface area contributed by atoms with Crippen molar-refractivity contribution in [1.82, 2.24) is 19.6 Å². The van der Waals surface area contributed by atoms with Gasteiger partial charge in [0.05, 0.1) is 28.3 Å². The minimum Gasteiger partial charge on any atom is -1.00 e. The van der Waals surface area contributed by atoms with Crippen LogP contribution in [0.25, 0.3) is 16.7 Å². The number of aryl methyl sites for hydroxylation is 2. The van der Waals surface area contributed by atoms with E-state index in [2.05, 4.69) is 178 Å². The molecule has 372 valence electrons. The standard InChI is InChI=1S/C17H20IN3O.C13H12IN3O2.C12H10.C10H15P.C3H6.CH3I.HI/c1-4-5-8-12(2)13-9-6-7-10-15(13)19-17(22)14-11-21(3)20-16(14)18;1-8(18)9-5-3-4-6-11(9)15-13(19)10-7-17(2)16-12(10)14;1-3-7-11(8-4-1)12-9-5-2-6-10-12;1-2-3-9-11-10-7-5-4-6-8-10;1-3-2;1-2;/h6-11H,4-5H2,1-3H3,(H,19,22);3-7H,1-2H3,(H,15,19);1-10H;4-8,11H,2-3,9H2,1H3;3H,1H2,2H3;1H3;1H. The number of ketones is 1. The van der Waals surface area contributed by atoms with Crippen LogP contribution in [0.15, 0.2) is 171 Å². The van der Waals surface area contributed by atoms with E-state index in [9.17, 15) is 14.4 Å². The second-order valence-corrected chi connectivity index (χ2v) is 18.8. The summed E-state index contributed by atoms with van der Waals surface area (Å²) in [6, 6.07) is 46.4. The monoisotopic (exact) mass is 1410 g/mol. The Labute approximate surface area is 476 Å². The second-order valence-electron chi connectivity index (χ2n) is 15.1. The Morgan fingerprint density at radius 3 is 1.39 bits per heavy atom. The lowest BCUT2D eigenvalue weighted by Gasteiger charge is -2.11. The molecule has 2 heterocycles. The van der Waals surface area contributed by atoms with E-state index in [0.717, 1.165) is 24.1 Å². The van der Waals surface area contributed by atoms with Gasteiger partial charge in [-0.05, 0) is 131 Å². The predicted molar refractivity (Wildman–Crippen MR) is 322 cm³/mol. The largest absolute Gasteiger partial charge is 1.00 e. The molecule has 0 saturated heterocycles. The number of benzene rings is 5. The van der Waals surface area contributed by atoms with E-state index in [1.54, 1.807) is 64.5 Å². The van der Waals surface area contributed by atoms with E-state index < -0.39 is 0 Å². The lowest BCUT2D eigenvalue weighted by molar-refractivity contribution is -0.0000366. The highest BCUT2D eigenvalue weighted by Gasteiger charge is 2.17. The van der Waals surface area contributed by atoms with Gasteiger partial charge in [0.15, 0.2) is 5.78 Å². The third kappa shape index (κ3) is 23.9. The number of anilines is 2. The molecule has 1 atom stereocenters. The topological polar surface area (TPSA) is 111 Å². The smallest absolute Gasteiger partial charge is 0.259 e. The first-order chi connectivity index (χ1) is 33.3. The van der Waals surface area contributed by atoms with Crippen molar-refractivity contribution in [2.24, 2.45) is 14.1 Å². The quantitative estimate of drug-likeness (QED) is 0.0298. The van der Waals surface area contributed by atoms with Crippen molar-refractivity contribution < 1.29 is 38.4 Å². The first-order valence-corrected chi connectivity index (χ1v) is 28.3. The number of alkyl halides is 1. The average molecular weight is 1410 g/mol. The van der Waals surface area contributed by atoms with Crippen LogP contribution in [0.2, 0.25) is 0 Å². The van der Waals surface area contributed by atoms with Crippen LogP contribution in [-0.4, -0.2) is 48.3 Å². The van der Waals surface area contributed by atoms with Gasteiger partial charge in [0.25, 0.3) is 11.8 Å². The van der Waals surface area contributed by atoms with Gasteiger partial charge in [0.1, 0.15) is 7.40 Å². The Morgan fingerprint density at radius 2 is 1.00 bits per heavy atom. The average Bonchev–Trinajstić information content (AvgIpc) is 3.91. The molecule has 9 nitrogen and oxygen atoms in total. The first-order valence-electron chi connectivity index (χ1n) is 22.6. The number of nitrogens with zero attached hydrogens (tertiary/aromatic N) is 4. The lowest BCUT2D eigenvalue weighted by atomic mass is 10.0. The molecule has 14 heteroatoms. The summed E-state index contributed by atoms with van der Waals surface area (Å²) in [6.07, 6.45) is 13.6. The third-order valence-electron chi connectivity index (χ3n) is 9.57. The van der Waals surface area contributed by atoms with Crippen molar-refractivity contribution in [3.63, 3.8) is 0 Å². The fourth-order valence-electron chi connectivity index (χ4n) is 6.24. The van der Waals surface area contributed by atoms with Crippen LogP contribution in [-0.2, 0) is 14.1 Å². The van der Waals surface area contributed by atoms with Crippen LogP contribution in [0.3, 0.4) is 0 Å². The summed E-state index contributed by atoms with van der Waals surface area (Å²) in [4.78, 5) is 38.0. The highest BCUT2D eigenvalue weighted by molar-refractivity contribution is 14.1. The first kappa shape index (κ1) is 64.0. The fraction of sp³-hybridized carbons (Fsp3) is 0.232. The number of nitrogens with one attached hydrogen (secondary N) is 2. The summed E-state index contributed by atoms with van der Waals surface area (Å²) in [5.74, 6) is -0.490. The van der Waals surface area contributed by atoms with Crippen LogP contribution >= 0.6 is 76.4 Å². The molecule has 0 aliphatic carbocycles. The Kier molecular flexibility index (Phi) is 34.5. The van der Waals surface area contributed by atoms with E-state index in [4.69, 9.17) is 0 Å². The summed E-state index contributed by atoms with van der Waals surface area (Å²) >= 11 is 6.23. The molecule has 2 N–H and O–H groups in total. The van der Waals surface area contributed by atoms with Gasteiger partial charge in [0, 0.05) is 51.9 Å². The van der Waals surface area contributed by atoms with Crippen LogP contribution < -0.4 is 39.9 Å². The zero-order valence-electron chi connectivity index (χ0n) is 41.4. The number of carbonyl (C=O) groups is 3. The normalized spacial score (nSPS) is 10.1. The van der Waals surface area contributed by atoms with Crippen molar-refractivity contribution in [2.75, 3.05) is 21.7 Å². The van der Waals surface area contributed by atoms with E-state index in [-0.39, 0.29) is 41.6 Å². The molecular formula is C56H67I4N6O3P. The molecule has 0 radical (unpaired) electrons. The Hall–Kier alpha value is -4.04. The lowest BCUT2D eigenvalue weighted by Crippen LogP contribution is -3.00. The molecular weight excluding hydrogens is 1340 g/mol. The molecule has 0 aliphatic heterocycles. The van der Waals surface area contributed by atoms with E-state index in [1.165, 1.54) is 42.6 Å². The molecule has 70 heavy (non-hydrogen) atoms. The maximum Gasteiger partial charge on any atom is 0.259 e. The minimum atomic E-state index is -0.272. The molecule has 0 saturated carbocycles. The molecule has 0 bridgehead atoms. The number of Topliss-reactive ketones (excluding diaryl/α,β-unsaturated/α-hetero) is 1. The van der Waals surface area contributed by atoms with Gasteiger partial charge in [0.2, 0.25) is 0 Å². The maximum atomic E-state index is 12.4. The summed E-state index contributed by atoms with van der Waals surface area (Å²) in [7, 11) is 4.11. The number of hydrogen-bond donors (Lipinski definition) is 2. The number of carbonyl (C=O) groups excluding carboxylic acids is 3. The number of allylic oxidation sites excluding steroid dienone is 3. The number of rotatable bonds is 13. The molecule has 0 aliphatic rings. The van der Waals surface area contributed by atoms with Crippen LogP contribution in [0.5, 0.6) is 0 Å². The number of hydrogen-bond acceptors (Lipinski definition) is 5. The van der Waals surface area contributed by atoms with Gasteiger partial charge >= 0.3 is 0 Å². The molecule has 7 rings (SSSR count). The summed E-state index contributed by atoms with van der Waals surface area (Å²) in [5.41, 5.74) is 7.71. The summed E-state index contributed by atoms with van der Waals surface area (Å²) in [5, 5.41) is 15.6. The van der Waals surface area contributed by atoms with Gasteiger partial charge in [-0.15, -0.1) is 6.58 Å². The summed E-state index contributed by atoms with van der Waals surface area (Å²) < 4.78 is 4.55. The van der Waals surface area contributed by atoms with Gasteiger partial charge in [-0.3, -0.25) is 23.7 Å².